The van der Waals surface area contributed by atoms with Crippen LogP contribution >= 0.6 is 0 Å². The van der Waals surface area contributed by atoms with Crippen LogP contribution < -0.4 is 19.8 Å². The molecule has 0 radical (unpaired) electrons. The molecule has 2 aromatic heterocycles. The Morgan fingerprint density at radius 3 is 2.36 bits per heavy atom. The SMILES string of the molecule is COCCOc1ccc2c(OC)nc(-c3ccccc3)nc2c1OC.O=c1[nH]c(C2CCCCC2)nc2cc(F)cc(F)c12. The quantitative estimate of drug-likeness (QED) is 0.198. The van der Waals surface area contributed by atoms with Crippen LogP contribution in [0.4, 0.5) is 8.78 Å². The molecule has 11 heteroatoms. The Bertz CT molecular complexity index is 1790. The van der Waals surface area contributed by atoms with Gasteiger partial charge in [-0.05, 0) is 25.0 Å². The fraction of sp³-hybridized carbons (Fsp3) is 0.333. The largest absolute Gasteiger partial charge is 0.491 e. The number of hydrogen-bond acceptors (Lipinski definition) is 8. The van der Waals surface area contributed by atoms with Gasteiger partial charge in [0.1, 0.15) is 35.0 Å². The van der Waals surface area contributed by atoms with Gasteiger partial charge >= 0.3 is 0 Å². The number of rotatable bonds is 8. The van der Waals surface area contributed by atoms with E-state index in [9.17, 15) is 13.6 Å². The van der Waals surface area contributed by atoms with Crippen LogP contribution in [-0.4, -0.2) is 54.5 Å². The summed E-state index contributed by atoms with van der Waals surface area (Å²) < 4.78 is 48.6. The second-order valence-electron chi connectivity index (χ2n) is 10.3. The lowest BCUT2D eigenvalue weighted by atomic mass is 9.88. The number of benzene rings is 3. The third-order valence-electron chi connectivity index (χ3n) is 7.46. The summed E-state index contributed by atoms with van der Waals surface area (Å²) in [6, 6.07) is 15.2. The van der Waals surface area contributed by atoms with Crippen LogP contribution in [-0.2, 0) is 4.74 Å². The Labute approximate surface area is 253 Å². The van der Waals surface area contributed by atoms with Gasteiger partial charge < -0.3 is 23.9 Å². The first-order chi connectivity index (χ1) is 21.4. The number of nitrogens with zero attached hydrogens (tertiary/aromatic N) is 3. The summed E-state index contributed by atoms with van der Waals surface area (Å²) in [6.45, 7) is 0.912. The highest BCUT2D eigenvalue weighted by molar-refractivity contribution is 5.92. The minimum absolute atomic E-state index is 0.0989. The monoisotopic (exact) mass is 604 g/mol. The number of H-pyrrole nitrogens is 1. The van der Waals surface area contributed by atoms with Crippen molar-refractivity contribution in [2.75, 3.05) is 34.5 Å². The number of ether oxygens (including phenoxy) is 4. The Kier molecular flexibility index (Phi) is 9.96. The second kappa shape index (κ2) is 14.2. The van der Waals surface area contributed by atoms with Crippen LogP contribution in [0.25, 0.3) is 33.2 Å². The van der Waals surface area contributed by atoms with E-state index in [4.69, 9.17) is 18.9 Å². The highest BCUT2D eigenvalue weighted by Crippen LogP contribution is 2.38. The van der Waals surface area contributed by atoms with E-state index in [1.165, 1.54) is 6.42 Å². The second-order valence-corrected chi connectivity index (χ2v) is 10.3. The van der Waals surface area contributed by atoms with Gasteiger partial charge in [-0.3, -0.25) is 4.79 Å². The summed E-state index contributed by atoms with van der Waals surface area (Å²) in [4.78, 5) is 28.0. The first kappa shape index (κ1) is 30.8. The summed E-state index contributed by atoms with van der Waals surface area (Å²) in [5, 5.41) is 0.596. The van der Waals surface area contributed by atoms with E-state index in [0.717, 1.165) is 42.7 Å². The van der Waals surface area contributed by atoms with Gasteiger partial charge in [0.05, 0.1) is 31.7 Å². The Hall–Kier alpha value is -4.64. The molecule has 0 saturated heterocycles. The van der Waals surface area contributed by atoms with Gasteiger partial charge in [-0.15, -0.1) is 0 Å². The number of nitrogens with one attached hydrogen (secondary N) is 1. The molecule has 0 atom stereocenters. The van der Waals surface area contributed by atoms with Crippen LogP contribution in [0.3, 0.4) is 0 Å². The van der Waals surface area contributed by atoms with Crippen LogP contribution in [0.1, 0.15) is 43.8 Å². The van der Waals surface area contributed by atoms with E-state index < -0.39 is 17.2 Å². The van der Waals surface area contributed by atoms with Gasteiger partial charge in [0, 0.05) is 30.7 Å². The van der Waals surface area contributed by atoms with Crippen LogP contribution in [0.5, 0.6) is 17.4 Å². The summed E-state index contributed by atoms with van der Waals surface area (Å²) in [5.41, 5.74) is 1.11. The molecule has 2 heterocycles. The highest BCUT2D eigenvalue weighted by Gasteiger charge is 2.20. The number of aromatic nitrogens is 4. The maximum Gasteiger partial charge on any atom is 0.261 e. The van der Waals surface area contributed by atoms with Crippen molar-refractivity contribution in [1.82, 2.24) is 19.9 Å². The first-order valence-electron chi connectivity index (χ1n) is 14.4. The molecule has 0 amide bonds. The van der Waals surface area contributed by atoms with E-state index >= 15 is 0 Å². The van der Waals surface area contributed by atoms with Gasteiger partial charge in [0.2, 0.25) is 5.88 Å². The van der Waals surface area contributed by atoms with Crippen molar-refractivity contribution in [3.8, 4) is 28.8 Å². The van der Waals surface area contributed by atoms with Crippen LogP contribution in [0.2, 0.25) is 0 Å². The van der Waals surface area contributed by atoms with Gasteiger partial charge in [-0.2, -0.15) is 4.98 Å². The molecule has 1 N–H and O–H groups in total. The lowest BCUT2D eigenvalue weighted by Gasteiger charge is -2.20. The molecular weight excluding hydrogens is 570 g/mol. The molecular formula is C33H34F2N4O5. The van der Waals surface area contributed by atoms with Crippen LogP contribution in [0.15, 0.2) is 59.4 Å². The molecule has 0 spiro atoms. The molecule has 1 fully saturated rings. The van der Waals surface area contributed by atoms with Gasteiger partial charge in [0.25, 0.3) is 5.56 Å². The van der Waals surface area contributed by atoms with Crippen molar-refractivity contribution in [2.45, 2.75) is 38.0 Å². The molecule has 0 aliphatic heterocycles. The van der Waals surface area contributed by atoms with Gasteiger partial charge in [0.15, 0.2) is 17.3 Å². The third-order valence-corrected chi connectivity index (χ3v) is 7.46. The zero-order valence-electron chi connectivity index (χ0n) is 24.9. The number of hydrogen-bond donors (Lipinski definition) is 1. The molecule has 1 saturated carbocycles. The highest BCUT2D eigenvalue weighted by atomic mass is 19.1. The molecule has 0 bridgehead atoms. The minimum atomic E-state index is -0.862. The molecule has 1 aliphatic carbocycles. The van der Waals surface area contributed by atoms with E-state index in [1.54, 1.807) is 21.3 Å². The number of halogens is 2. The van der Waals surface area contributed by atoms with Gasteiger partial charge in [-0.25, -0.2) is 18.7 Å². The van der Waals surface area contributed by atoms with E-state index in [0.29, 0.717) is 53.8 Å². The summed E-state index contributed by atoms with van der Waals surface area (Å²) in [5.74, 6) is 1.39. The number of fused-ring (bicyclic) bond motifs is 2. The van der Waals surface area contributed by atoms with Crippen molar-refractivity contribution in [3.05, 3.63) is 82.4 Å². The van der Waals surface area contributed by atoms with E-state index in [-0.39, 0.29) is 16.8 Å². The molecule has 1 aliphatic rings. The van der Waals surface area contributed by atoms with Crippen molar-refractivity contribution in [2.24, 2.45) is 0 Å². The smallest absolute Gasteiger partial charge is 0.261 e. The average molecular weight is 605 g/mol. The maximum atomic E-state index is 13.6. The molecule has 230 valence electrons. The minimum Gasteiger partial charge on any atom is -0.491 e. The summed E-state index contributed by atoms with van der Waals surface area (Å²) >= 11 is 0. The molecule has 5 aromatic rings. The van der Waals surface area contributed by atoms with Crippen molar-refractivity contribution < 1.29 is 27.7 Å². The number of aromatic amines is 1. The maximum absolute atomic E-state index is 13.6. The molecule has 3 aromatic carbocycles. The van der Waals surface area contributed by atoms with Gasteiger partial charge in [-0.1, -0.05) is 49.6 Å². The normalized spacial score (nSPS) is 13.4. The first-order valence-corrected chi connectivity index (χ1v) is 14.4. The summed E-state index contributed by atoms with van der Waals surface area (Å²) in [6.07, 6.45) is 5.32. The molecule has 44 heavy (non-hydrogen) atoms. The molecule has 6 rings (SSSR count). The van der Waals surface area contributed by atoms with E-state index in [1.807, 2.05) is 42.5 Å². The predicted molar refractivity (Wildman–Crippen MR) is 164 cm³/mol. The van der Waals surface area contributed by atoms with Crippen molar-refractivity contribution in [1.29, 1.82) is 0 Å². The van der Waals surface area contributed by atoms with E-state index in [2.05, 4.69) is 19.9 Å². The lowest BCUT2D eigenvalue weighted by Crippen LogP contribution is -2.17. The third kappa shape index (κ3) is 6.78. The predicted octanol–water partition coefficient (Wildman–Crippen LogP) is 6.59. The lowest BCUT2D eigenvalue weighted by molar-refractivity contribution is 0.144. The molecule has 0 unspecified atom stereocenters. The fourth-order valence-electron chi connectivity index (χ4n) is 5.32. The standard InChI is InChI=1S/C19H20N2O4.C14H14F2N2O/c1-22-11-12-25-15-10-9-14-16(17(15)23-2)20-18(21-19(14)24-3)13-7-5-4-6-8-13;15-9-6-10(16)12-11(7-9)17-13(18-14(12)19)8-4-2-1-3-5-8/h4-10H,11-12H2,1-3H3;6-8H,1-5H2,(H,17,18,19). The zero-order valence-corrected chi connectivity index (χ0v) is 24.9. The summed E-state index contributed by atoms with van der Waals surface area (Å²) in [7, 11) is 4.81. The van der Waals surface area contributed by atoms with Crippen LogP contribution in [0, 0.1) is 11.6 Å². The molecule has 9 nitrogen and oxygen atoms in total. The zero-order chi connectivity index (χ0) is 31.1. The Balaban J connectivity index is 0.000000181. The fourth-order valence-corrected chi connectivity index (χ4v) is 5.32. The average Bonchev–Trinajstić information content (AvgIpc) is 3.04. The van der Waals surface area contributed by atoms with Crippen molar-refractivity contribution >= 4 is 21.8 Å². The Morgan fingerprint density at radius 2 is 1.66 bits per heavy atom. The Morgan fingerprint density at radius 1 is 0.886 bits per heavy atom. The topological polar surface area (TPSA) is 108 Å². The number of methoxy groups -OCH3 is 3. The van der Waals surface area contributed by atoms with Crippen molar-refractivity contribution in [3.63, 3.8) is 0 Å².